The maximum absolute atomic E-state index is 11.4. The normalized spacial score (nSPS) is 24.3. The summed E-state index contributed by atoms with van der Waals surface area (Å²) in [4.78, 5) is 9.27. The Morgan fingerprint density at radius 1 is 1.22 bits per heavy atom. The first-order valence-corrected chi connectivity index (χ1v) is 10.1. The predicted octanol–water partition coefficient (Wildman–Crippen LogP) is 1.03. The molecule has 0 spiro atoms. The van der Waals surface area contributed by atoms with Crippen LogP contribution in [0, 0.1) is 5.41 Å². The SMILES string of the molecule is CCNC(=NCCN1CCS(=O)(=O)CC1)N1CCC(C)(C)C1.I. The van der Waals surface area contributed by atoms with E-state index >= 15 is 0 Å². The third-order valence-electron chi connectivity index (χ3n) is 4.43. The van der Waals surface area contributed by atoms with E-state index in [1.165, 1.54) is 6.42 Å². The molecule has 2 heterocycles. The van der Waals surface area contributed by atoms with Crippen molar-refractivity contribution < 1.29 is 8.42 Å². The van der Waals surface area contributed by atoms with Crippen LogP contribution >= 0.6 is 24.0 Å². The fourth-order valence-electron chi connectivity index (χ4n) is 2.99. The van der Waals surface area contributed by atoms with Gasteiger partial charge in [0.25, 0.3) is 0 Å². The molecule has 0 aromatic heterocycles. The molecule has 2 rings (SSSR count). The Bertz CT molecular complexity index is 494. The van der Waals surface area contributed by atoms with E-state index < -0.39 is 9.84 Å². The number of rotatable bonds is 4. The second kappa shape index (κ2) is 8.84. The first-order chi connectivity index (χ1) is 10.3. The minimum atomic E-state index is -2.79. The van der Waals surface area contributed by atoms with E-state index in [0.29, 0.717) is 18.5 Å². The highest BCUT2D eigenvalue weighted by Gasteiger charge is 2.30. The minimum absolute atomic E-state index is 0. The molecule has 6 nitrogen and oxygen atoms in total. The molecule has 0 amide bonds. The van der Waals surface area contributed by atoms with E-state index in [1.807, 2.05) is 0 Å². The Balaban J connectivity index is 0.00000264. The van der Waals surface area contributed by atoms with E-state index in [1.54, 1.807) is 0 Å². The highest BCUT2D eigenvalue weighted by molar-refractivity contribution is 14.0. The molecule has 0 atom stereocenters. The average Bonchev–Trinajstić information content (AvgIpc) is 2.80. The number of nitrogens with one attached hydrogen (secondary N) is 1. The maximum atomic E-state index is 11.4. The lowest BCUT2D eigenvalue weighted by molar-refractivity contribution is 0.303. The van der Waals surface area contributed by atoms with Crippen LogP contribution in [0.4, 0.5) is 0 Å². The zero-order valence-corrected chi connectivity index (χ0v) is 17.7. The largest absolute Gasteiger partial charge is 0.357 e. The smallest absolute Gasteiger partial charge is 0.193 e. The molecule has 0 aromatic rings. The molecule has 0 saturated carbocycles. The summed E-state index contributed by atoms with van der Waals surface area (Å²) in [6.07, 6.45) is 1.20. The molecule has 2 aliphatic rings. The lowest BCUT2D eigenvalue weighted by atomic mass is 9.93. The van der Waals surface area contributed by atoms with Crippen molar-refractivity contribution in [3.05, 3.63) is 0 Å². The van der Waals surface area contributed by atoms with Gasteiger partial charge >= 0.3 is 0 Å². The van der Waals surface area contributed by atoms with Gasteiger partial charge in [-0.3, -0.25) is 9.89 Å². The number of hydrogen-bond donors (Lipinski definition) is 1. The first-order valence-electron chi connectivity index (χ1n) is 8.27. The standard InChI is InChI=1S/C15H30N4O2S.HI/c1-4-16-14(19-7-5-15(2,3)13-19)17-6-8-18-9-11-22(20,21)12-10-18;/h4-13H2,1-3H3,(H,16,17);1H. The Hall–Kier alpha value is -0.0900. The molecule has 1 N–H and O–H groups in total. The molecular weight excluding hydrogens is 427 g/mol. The highest BCUT2D eigenvalue weighted by Crippen LogP contribution is 2.28. The number of guanidine groups is 1. The average molecular weight is 458 g/mol. The Kier molecular flexibility index (Phi) is 8.06. The van der Waals surface area contributed by atoms with Crippen molar-refractivity contribution in [1.82, 2.24) is 15.1 Å². The van der Waals surface area contributed by atoms with Crippen LogP contribution in [0.25, 0.3) is 0 Å². The van der Waals surface area contributed by atoms with Gasteiger partial charge in [0.15, 0.2) is 15.8 Å². The van der Waals surface area contributed by atoms with Gasteiger partial charge in [-0.15, -0.1) is 24.0 Å². The fourth-order valence-corrected chi connectivity index (χ4v) is 4.27. The molecule has 0 aromatic carbocycles. The number of sulfone groups is 1. The zero-order valence-electron chi connectivity index (χ0n) is 14.5. The van der Waals surface area contributed by atoms with Crippen LogP contribution in [-0.4, -0.2) is 81.5 Å². The van der Waals surface area contributed by atoms with Gasteiger partial charge < -0.3 is 10.2 Å². The number of hydrogen-bond acceptors (Lipinski definition) is 4. The van der Waals surface area contributed by atoms with Crippen molar-refractivity contribution in [3.8, 4) is 0 Å². The van der Waals surface area contributed by atoms with Gasteiger partial charge in [-0.05, 0) is 18.8 Å². The lowest BCUT2D eigenvalue weighted by Crippen LogP contribution is -2.43. The maximum Gasteiger partial charge on any atom is 0.193 e. The number of nitrogens with zero attached hydrogens (tertiary/aromatic N) is 3. The summed E-state index contributed by atoms with van der Waals surface area (Å²) in [6.45, 7) is 12.5. The Labute approximate surface area is 158 Å². The zero-order chi connectivity index (χ0) is 16.2. The van der Waals surface area contributed by atoms with Gasteiger partial charge in [0, 0.05) is 39.3 Å². The van der Waals surface area contributed by atoms with Crippen molar-refractivity contribution in [1.29, 1.82) is 0 Å². The molecule has 8 heteroatoms. The summed E-state index contributed by atoms with van der Waals surface area (Å²) < 4.78 is 22.9. The van der Waals surface area contributed by atoms with Crippen LogP contribution < -0.4 is 5.32 Å². The molecular formula is C15H31IN4O2S. The van der Waals surface area contributed by atoms with E-state index in [9.17, 15) is 8.42 Å². The van der Waals surface area contributed by atoms with Crippen LogP contribution in [0.1, 0.15) is 27.2 Å². The van der Waals surface area contributed by atoms with Crippen LogP contribution in [0.2, 0.25) is 0 Å². The lowest BCUT2D eigenvalue weighted by Gasteiger charge is -2.27. The molecule has 136 valence electrons. The second-order valence-corrected chi connectivity index (χ2v) is 9.37. The predicted molar refractivity (Wildman–Crippen MR) is 106 cm³/mol. The number of halogens is 1. The van der Waals surface area contributed by atoms with E-state index in [-0.39, 0.29) is 35.5 Å². The third-order valence-corrected chi connectivity index (χ3v) is 6.04. The van der Waals surface area contributed by atoms with E-state index in [0.717, 1.165) is 38.7 Å². The van der Waals surface area contributed by atoms with Crippen molar-refractivity contribution in [2.75, 3.05) is 57.3 Å². The molecule has 0 unspecified atom stereocenters. The quantitative estimate of drug-likeness (QED) is 0.388. The van der Waals surface area contributed by atoms with Crippen molar-refractivity contribution in [2.24, 2.45) is 10.4 Å². The van der Waals surface area contributed by atoms with Crippen molar-refractivity contribution in [2.45, 2.75) is 27.2 Å². The molecule has 0 aliphatic carbocycles. The number of likely N-dealkylation sites (tertiary alicyclic amines) is 1. The van der Waals surface area contributed by atoms with E-state index in [4.69, 9.17) is 4.99 Å². The van der Waals surface area contributed by atoms with Crippen LogP contribution in [0.3, 0.4) is 0 Å². The van der Waals surface area contributed by atoms with Gasteiger partial charge in [-0.1, -0.05) is 13.8 Å². The summed E-state index contributed by atoms with van der Waals surface area (Å²) >= 11 is 0. The Morgan fingerprint density at radius 3 is 2.39 bits per heavy atom. The molecule has 23 heavy (non-hydrogen) atoms. The van der Waals surface area contributed by atoms with Gasteiger partial charge in [0.1, 0.15) is 0 Å². The van der Waals surface area contributed by atoms with Gasteiger partial charge in [-0.2, -0.15) is 0 Å². The van der Waals surface area contributed by atoms with Gasteiger partial charge in [0.05, 0.1) is 18.1 Å². The molecule has 2 aliphatic heterocycles. The summed E-state index contributed by atoms with van der Waals surface area (Å²) in [5, 5.41) is 3.37. The second-order valence-electron chi connectivity index (χ2n) is 7.06. The summed E-state index contributed by atoms with van der Waals surface area (Å²) in [6, 6.07) is 0. The molecule has 0 radical (unpaired) electrons. The van der Waals surface area contributed by atoms with Crippen molar-refractivity contribution >= 4 is 39.8 Å². The summed E-state index contributed by atoms with van der Waals surface area (Å²) in [5.41, 5.74) is 0.359. The van der Waals surface area contributed by atoms with Crippen LogP contribution in [0.5, 0.6) is 0 Å². The van der Waals surface area contributed by atoms with Crippen LogP contribution in [-0.2, 0) is 9.84 Å². The van der Waals surface area contributed by atoms with Crippen molar-refractivity contribution in [3.63, 3.8) is 0 Å². The Morgan fingerprint density at radius 2 is 1.87 bits per heavy atom. The highest BCUT2D eigenvalue weighted by atomic mass is 127. The summed E-state index contributed by atoms with van der Waals surface area (Å²) in [5.74, 6) is 1.58. The van der Waals surface area contributed by atoms with Gasteiger partial charge in [0.2, 0.25) is 0 Å². The molecule has 0 bridgehead atoms. The fraction of sp³-hybridized carbons (Fsp3) is 0.933. The molecule has 2 saturated heterocycles. The van der Waals surface area contributed by atoms with Crippen LogP contribution in [0.15, 0.2) is 4.99 Å². The van der Waals surface area contributed by atoms with E-state index in [2.05, 4.69) is 35.9 Å². The monoisotopic (exact) mass is 458 g/mol. The first kappa shape index (κ1) is 21.0. The summed E-state index contributed by atoms with van der Waals surface area (Å²) in [7, 11) is -2.79. The van der Waals surface area contributed by atoms with Gasteiger partial charge in [-0.25, -0.2) is 8.42 Å². The third kappa shape index (κ3) is 6.74. The molecule has 2 fully saturated rings. The topological polar surface area (TPSA) is 65.0 Å². The number of aliphatic imine (C=N–C) groups is 1. The minimum Gasteiger partial charge on any atom is -0.357 e.